The van der Waals surface area contributed by atoms with E-state index in [1.165, 1.54) is 5.56 Å². The molecule has 0 saturated carbocycles. The minimum Gasteiger partial charge on any atom is -0.456 e. The normalized spacial score (nSPS) is 14.8. The third kappa shape index (κ3) is 5.08. The Morgan fingerprint density at radius 1 is 0.312 bits per heavy atom. The molecule has 10 aromatic carbocycles. The van der Waals surface area contributed by atoms with Gasteiger partial charge in [0.15, 0.2) is 0 Å². The Morgan fingerprint density at radius 3 is 1.30 bits per heavy atom. The molecule has 0 amide bonds. The van der Waals surface area contributed by atoms with Crippen LogP contribution in [-0.2, 0) is 10.8 Å². The molecule has 2 aliphatic rings. The predicted molar refractivity (Wildman–Crippen MR) is 263 cm³/mol. The third-order valence-electron chi connectivity index (χ3n) is 13.7. The van der Waals surface area contributed by atoms with Gasteiger partial charge in [-0.05, 0) is 115 Å². The number of nitrogens with zero attached hydrogens (tertiary/aromatic N) is 1. The zero-order valence-corrected chi connectivity index (χ0v) is 34.7. The Kier molecular flexibility index (Phi) is 7.20. The minimum atomic E-state index is -1.14. The summed E-state index contributed by atoms with van der Waals surface area (Å²) in [5.41, 5.74) is 12.9. The Labute approximate surface area is 378 Å². The minimum absolute atomic E-state index is 0.104. The van der Waals surface area contributed by atoms with Crippen LogP contribution in [0.1, 0.15) is 50.0 Å². The van der Waals surface area contributed by atoms with E-state index >= 15 is 0 Å². The van der Waals surface area contributed by atoms with Gasteiger partial charge in [-0.3, -0.25) is 0 Å². The molecule has 2 aliphatic carbocycles. The topological polar surface area (TPSA) is 16.4 Å². The number of fused-ring (bicyclic) bond motifs is 9. The van der Waals surface area contributed by atoms with Crippen molar-refractivity contribution in [2.75, 3.05) is 4.90 Å². The van der Waals surface area contributed by atoms with E-state index in [0.717, 1.165) is 72.0 Å². The number of para-hydroxylation sites is 1. The second-order valence-corrected chi connectivity index (χ2v) is 16.8. The molecule has 11 aromatic rings. The van der Waals surface area contributed by atoms with Crippen LogP contribution in [0, 0.1) is 0 Å². The summed E-state index contributed by atoms with van der Waals surface area (Å²) >= 11 is 0. The number of benzene rings is 10. The van der Waals surface area contributed by atoms with Gasteiger partial charge in [-0.1, -0.05) is 200 Å². The Hall–Kier alpha value is -8.20. The SMILES string of the molecule is [2H]c1c([2H])c(C2(c3ccccc3)c3ccccc3-c3ccccc32)c([2H])c([2H])c1N(c1ccc2c(c1)C(c1ccccc1)(c1ccccc1)c1ccccc1-2)c1ccc2oc3ccccc3c2c1. The number of rotatable bonds is 7. The van der Waals surface area contributed by atoms with Crippen LogP contribution in [-0.4, -0.2) is 0 Å². The predicted octanol–water partition coefficient (Wildman–Crippen LogP) is 15.8. The largest absolute Gasteiger partial charge is 0.456 e. The quantitative estimate of drug-likeness (QED) is 0.159. The zero-order valence-electron chi connectivity index (χ0n) is 38.7. The molecule has 0 atom stereocenters. The van der Waals surface area contributed by atoms with E-state index in [2.05, 4.69) is 133 Å². The first-order valence-electron chi connectivity index (χ1n) is 23.8. The van der Waals surface area contributed by atoms with Crippen LogP contribution in [0.5, 0.6) is 0 Å². The number of hydrogen-bond donors (Lipinski definition) is 0. The van der Waals surface area contributed by atoms with Crippen molar-refractivity contribution in [2.45, 2.75) is 10.8 Å². The van der Waals surface area contributed by atoms with Gasteiger partial charge in [-0.15, -0.1) is 0 Å². The molecular weight excluding hydrogens is 775 g/mol. The highest BCUT2D eigenvalue weighted by Crippen LogP contribution is 2.59. The average Bonchev–Trinajstić information content (AvgIpc) is 4.02. The Morgan fingerprint density at radius 2 is 0.734 bits per heavy atom. The first-order valence-corrected chi connectivity index (χ1v) is 21.8. The van der Waals surface area contributed by atoms with Crippen molar-refractivity contribution in [2.24, 2.45) is 0 Å². The van der Waals surface area contributed by atoms with Crippen LogP contribution in [0.4, 0.5) is 17.1 Å². The van der Waals surface area contributed by atoms with Gasteiger partial charge in [0.05, 0.1) is 16.3 Å². The molecule has 0 bridgehead atoms. The first kappa shape index (κ1) is 32.5. The second-order valence-electron chi connectivity index (χ2n) is 16.8. The van der Waals surface area contributed by atoms with Crippen molar-refractivity contribution in [3.8, 4) is 22.3 Å². The monoisotopic (exact) mass is 819 g/mol. The number of anilines is 3. The zero-order chi connectivity index (χ0) is 45.7. The van der Waals surface area contributed by atoms with Crippen LogP contribution in [0.15, 0.2) is 253 Å². The molecule has 300 valence electrons. The summed E-state index contributed by atoms with van der Waals surface area (Å²) in [6.07, 6.45) is 0. The highest BCUT2D eigenvalue weighted by molar-refractivity contribution is 6.06. The second kappa shape index (κ2) is 14.2. The highest BCUT2D eigenvalue weighted by atomic mass is 16.3. The fourth-order valence-corrected chi connectivity index (χ4v) is 11.1. The molecule has 0 aliphatic heterocycles. The average molecular weight is 820 g/mol. The van der Waals surface area contributed by atoms with Crippen molar-refractivity contribution in [3.05, 3.63) is 293 Å². The summed E-state index contributed by atoms with van der Waals surface area (Å²) in [4.78, 5) is 1.93. The molecule has 0 radical (unpaired) electrons. The Bertz CT molecular complexity index is 3690. The summed E-state index contributed by atoms with van der Waals surface area (Å²) in [7, 11) is 0. The van der Waals surface area contributed by atoms with E-state index in [1.54, 1.807) is 0 Å². The fourth-order valence-electron chi connectivity index (χ4n) is 11.1. The van der Waals surface area contributed by atoms with Crippen molar-refractivity contribution >= 4 is 39.0 Å². The molecule has 13 rings (SSSR count). The summed E-state index contributed by atoms with van der Waals surface area (Å²) in [5, 5.41) is 1.83. The van der Waals surface area contributed by atoms with Crippen molar-refractivity contribution in [1.29, 1.82) is 0 Å². The van der Waals surface area contributed by atoms with Gasteiger partial charge in [-0.25, -0.2) is 0 Å². The van der Waals surface area contributed by atoms with Crippen molar-refractivity contribution in [1.82, 2.24) is 0 Å². The molecule has 2 heteroatoms. The molecule has 0 saturated heterocycles. The van der Waals surface area contributed by atoms with E-state index in [4.69, 9.17) is 4.42 Å². The molecule has 1 heterocycles. The van der Waals surface area contributed by atoms with Gasteiger partial charge in [-0.2, -0.15) is 0 Å². The summed E-state index contributed by atoms with van der Waals surface area (Å²) in [5.74, 6) is 0. The van der Waals surface area contributed by atoms with Gasteiger partial charge in [0, 0.05) is 27.8 Å². The lowest BCUT2D eigenvalue weighted by molar-refractivity contribution is 0.669. The van der Waals surface area contributed by atoms with E-state index in [0.29, 0.717) is 22.5 Å². The maximum absolute atomic E-state index is 10.3. The third-order valence-corrected chi connectivity index (χ3v) is 13.7. The van der Waals surface area contributed by atoms with Crippen LogP contribution in [0.25, 0.3) is 44.2 Å². The van der Waals surface area contributed by atoms with Gasteiger partial charge in [0.25, 0.3) is 0 Å². The molecule has 0 spiro atoms. The summed E-state index contributed by atoms with van der Waals surface area (Å²) < 4.78 is 47.5. The molecule has 0 N–H and O–H groups in total. The van der Waals surface area contributed by atoms with Gasteiger partial charge in [0.2, 0.25) is 0 Å². The molecular formula is C62H41NO. The van der Waals surface area contributed by atoms with Crippen LogP contribution in [0.2, 0.25) is 0 Å². The summed E-state index contributed by atoms with van der Waals surface area (Å²) in [6.45, 7) is 0. The van der Waals surface area contributed by atoms with E-state index in [9.17, 15) is 5.48 Å². The maximum atomic E-state index is 10.3. The lowest BCUT2D eigenvalue weighted by Crippen LogP contribution is -2.29. The van der Waals surface area contributed by atoms with Crippen LogP contribution >= 0.6 is 0 Å². The standard InChI is InChI=1S/C62H41NO/c1-4-18-42(19-5-1)61(55-28-14-10-24-49(55)50-25-11-15-29-56(50)61)45-32-34-46(35-33-45)63(47-37-39-60-54(40-47)53-27-13-17-31-59(53)64-60)48-36-38-52-51-26-12-16-30-57(51)62(58(52)41-48,43-20-6-2-7-21-43)44-22-8-3-9-23-44/h1-41H/i32D,33D,34D,35D. The van der Waals surface area contributed by atoms with E-state index in [-0.39, 0.29) is 29.9 Å². The Balaban J connectivity index is 1.12. The lowest BCUT2D eigenvalue weighted by atomic mass is 9.67. The number of hydrogen-bond acceptors (Lipinski definition) is 2. The van der Waals surface area contributed by atoms with Gasteiger partial charge >= 0.3 is 0 Å². The van der Waals surface area contributed by atoms with E-state index in [1.807, 2.05) is 95.9 Å². The maximum Gasteiger partial charge on any atom is 0.135 e. The smallest absolute Gasteiger partial charge is 0.135 e. The van der Waals surface area contributed by atoms with Gasteiger partial charge < -0.3 is 9.32 Å². The lowest BCUT2D eigenvalue weighted by Gasteiger charge is -2.35. The van der Waals surface area contributed by atoms with Crippen molar-refractivity contribution < 1.29 is 9.90 Å². The number of furan rings is 1. The van der Waals surface area contributed by atoms with Crippen LogP contribution in [0.3, 0.4) is 0 Å². The first-order chi connectivity index (χ1) is 33.4. The highest BCUT2D eigenvalue weighted by Gasteiger charge is 2.47. The molecule has 0 fully saturated rings. The fraction of sp³-hybridized carbons (Fsp3) is 0.0323. The molecule has 2 nitrogen and oxygen atoms in total. The summed E-state index contributed by atoms with van der Waals surface area (Å²) in [6, 6.07) is 76.2. The van der Waals surface area contributed by atoms with E-state index < -0.39 is 10.8 Å². The van der Waals surface area contributed by atoms with Gasteiger partial charge in [0.1, 0.15) is 11.2 Å². The van der Waals surface area contributed by atoms with Crippen molar-refractivity contribution in [3.63, 3.8) is 0 Å². The molecule has 0 unspecified atom stereocenters. The molecule has 1 aromatic heterocycles. The van der Waals surface area contributed by atoms with Crippen LogP contribution < -0.4 is 4.90 Å². The molecule has 64 heavy (non-hydrogen) atoms.